The van der Waals surface area contributed by atoms with Gasteiger partial charge < -0.3 is 9.84 Å². The Hall–Kier alpha value is -0.570. The largest absolute Gasteiger partial charge is 0.481 e. The van der Waals surface area contributed by atoms with E-state index in [4.69, 9.17) is 4.74 Å². The summed E-state index contributed by atoms with van der Waals surface area (Å²) in [5.41, 5.74) is -0.446. The third-order valence-electron chi connectivity index (χ3n) is 5.26. The van der Waals surface area contributed by atoms with Crippen LogP contribution in [0.2, 0.25) is 0 Å². The maximum absolute atomic E-state index is 11.7. The first-order valence-electron chi connectivity index (χ1n) is 6.53. The van der Waals surface area contributed by atoms with Crippen molar-refractivity contribution in [2.75, 3.05) is 13.2 Å². The molecule has 1 aliphatic heterocycles. The highest BCUT2D eigenvalue weighted by atomic mass is 16.5. The molecule has 0 spiro atoms. The molecule has 2 aliphatic carbocycles. The average molecular weight is 224 g/mol. The van der Waals surface area contributed by atoms with Gasteiger partial charge in [-0.2, -0.15) is 0 Å². The fourth-order valence-corrected chi connectivity index (χ4v) is 4.40. The predicted octanol–water partition coefficient (Wildman–Crippen LogP) is 2.30. The zero-order valence-corrected chi connectivity index (χ0v) is 9.65. The third-order valence-corrected chi connectivity index (χ3v) is 5.26. The fraction of sp³-hybridized carbons (Fsp3) is 0.923. The number of rotatable bonds is 2. The van der Waals surface area contributed by atoms with Crippen LogP contribution in [0.3, 0.4) is 0 Å². The molecular weight excluding hydrogens is 204 g/mol. The SMILES string of the molecule is O=C(O)C1(C2CC3CCC2C3)CCOCC1. The number of hydrogen-bond donors (Lipinski definition) is 1. The molecule has 2 saturated carbocycles. The van der Waals surface area contributed by atoms with Gasteiger partial charge in [-0.05, 0) is 49.9 Å². The van der Waals surface area contributed by atoms with E-state index in [1.54, 1.807) is 0 Å². The van der Waals surface area contributed by atoms with E-state index in [1.165, 1.54) is 19.3 Å². The Morgan fingerprint density at radius 2 is 1.94 bits per heavy atom. The van der Waals surface area contributed by atoms with Gasteiger partial charge in [-0.3, -0.25) is 4.79 Å². The van der Waals surface area contributed by atoms with Crippen molar-refractivity contribution in [2.24, 2.45) is 23.2 Å². The predicted molar refractivity (Wildman–Crippen MR) is 59.1 cm³/mol. The van der Waals surface area contributed by atoms with Gasteiger partial charge in [0.15, 0.2) is 0 Å². The summed E-state index contributed by atoms with van der Waals surface area (Å²) in [4.78, 5) is 11.7. The van der Waals surface area contributed by atoms with Gasteiger partial charge in [-0.15, -0.1) is 0 Å². The lowest BCUT2D eigenvalue weighted by atomic mass is 9.64. The van der Waals surface area contributed by atoms with Crippen LogP contribution in [0.1, 0.15) is 38.5 Å². The summed E-state index contributed by atoms with van der Waals surface area (Å²) in [7, 11) is 0. The van der Waals surface area contributed by atoms with Crippen LogP contribution in [0, 0.1) is 23.2 Å². The standard InChI is InChI=1S/C13H20O3/c14-12(15)13(3-5-16-6-4-13)11-8-9-1-2-10(11)7-9/h9-11H,1-8H2,(H,14,15). The number of carboxylic acid groups (broad SMARTS) is 1. The second-order valence-electron chi connectivity index (χ2n) is 5.86. The van der Waals surface area contributed by atoms with Crippen molar-refractivity contribution >= 4 is 5.97 Å². The number of ether oxygens (including phenoxy) is 1. The minimum absolute atomic E-state index is 0.438. The summed E-state index contributed by atoms with van der Waals surface area (Å²) >= 11 is 0. The second-order valence-corrected chi connectivity index (χ2v) is 5.86. The van der Waals surface area contributed by atoms with Crippen LogP contribution in [-0.2, 0) is 9.53 Å². The number of carboxylic acids is 1. The van der Waals surface area contributed by atoms with Crippen molar-refractivity contribution in [1.29, 1.82) is 0 Å². The minimum Gasteiger partial charge on any atom is -0.481 e. The summed E-state index contributed by atoms with van der Waals surface area (Å²) in [6, 6.07) is 0. The molecule has 1 N–H and O–H groups in total. The zero-order chi connectivity index (χ0) is 11.2. The molecule has 90 valence electrons. The van der Waals surface area contributed by atoms with Crippen LogP contribution >= 0.6 is 0 Å². The molecule has 0 radical (unpaired) electrons. The Balaban J connectivity index is 1.85. The Kier molecular flexibility index (Phi) is 2.46. The van der Waals surface area contributed by atoms with Crippen LogP contribution in [0.5, 0.6) is 0 Å². The van der Waals surface area contributed by atoms with Gasteiger partial charge in [-0.1, -0.05) is 6.42 Å². The molecular formula is C13H20O3. The zero-order valence-electron chi connectivity index (χ0n) is 9.65. The van der Waals surface area contributed by atoms with Crippen molar-refractivity contribution in [3.05, 3.63) is 0 Å². The fourth-order valence-electron chi connectivity index (χ4n) is 4.40. The monoisotopic (exact) mass is 224 g/mol. The summed E-state index contributed by atoms with van der Waals surface area (Å²) in [6.07, 6.45) is 6.53. The Morgan fingerprint density at radius 3 is 2.44 bits per heavy atom. The lowest BCUT2D eigenvalue weighted by Crippen LogP contribution is -2.45. The number of carbonyl (C=O) groups is 1. The third kappa shape index (κ3) is 1.41. The summed E-state index contributed by atoms with van der Waals surface area (Å²) in [6.45, 7) is 1.28. The van der Waals surface area contributed by atoms with Crippen molar-refractivity contribution in [1.82, 2.24) is 0 Å². The minimum atomic E-state index is -0.562. The van der Waals surface area contributed by atoms with E-state index in [2.05, 4.69) is 0 Å². The highest BCUT2D eigenvalue weighted by molar-refractivity contribution is 5.75. The lowest BCUT2D eigenvalue weighted by Gasteiger charge is -2.42. The topological polar surface area (TPSA) is 46.5 Å². The molecule has 0 aromatic carbocycles. The quantitative estimate of drug-likeness (QED) is 0.783. The summed E-state index contributed by atoms with van der Waals surface area (Å²) in [5, 5.41) is 9.62. The summed E-state index contributed by atoms with van der Waals surface area (Å²) < 4.78 is 5.35. The molecule has 3 heteroatoms. The van der Waals surface area contributed by atoms with Crippen LogP contribution in [0.4, 0.5) is 0 Å². The first-order valence-corrected chi connectivity index (χ1v) is 6.53. The molecule has 0 aromatic rings. The normalized spacial score (nSPS) is 41.1. The first-order chi connectivity index (χ1) is 7.72. The van der Waals surface area contributed by atoms with Crippen LogP contribution < -0.4 is 0 Å². The van der Waals surface area contributed by atoms with Gasteiger partial charge in [0.2, 0.25) is 0 Å². The maximum atomic E-state index is 11.7. The van der Waals surface area contributed by atoms with E-state index in [1.807, 2.05) is 0 Å². The van der Waals surface area contributed by atoms with E-state index < -0.39 is 11.4 Å². The van der Waals surface area contributed by atoms with Gasteiger partial charge in [0, 0.05) is 13.2 Å². The van der Waals surface area contributed by atoms with E-state index in [9.17, 15) is 9.90 Å². The van der Waals surface area contributed by atoms with Crippen molar-refractivity contribution < 1.29 is 14.6 Å². The van der Waals surface area contributed by atoms with Gasteiger partial charge in [0.05, 0.1) is 5.41 Å². The maximum Gasteiger partial charge on any atom is 0.310 e. The van der Waals surface area contributed by atoms with Gasteiger partial charge in [0.25, 0.3) is 0 Å². The molecule has 3 aliphatic rings. The molecule has 3 rings (SSSR count). The van der Waals surface area contributed by atoms with E-state index in [0.717, 1.165) is 25.2 Å². The Bertz CT molecular complexity index is 294. The molecule has 16 heavy (non-hydrogen) atoms. The van der Waals surface area contributed by atoms with Crippen LogP contribution in [0.15, 0.2) is 0 Å². The highest BCUT2D eigenvalue weighted by Gasteiger charge is 2.54. The Morgan fingerprint density at radius 1 is 1.19 bits per heavy atom. The van der Waals surface area contributed by atoms with E-state index in [0.29, 0.717) is 25.0 Å². The smallest absolute Gasteiger partial charge is 0.310 e. The molecule has 0 amide bonds. The molecule has 1 heterocycles. The number of aliphatic carboxylic acids is 1. The number of hydrogen-bond acceptors (Lipinski definition) is 2. The highest BCUT2D eigenvalue weighted by Crippen LogP contribution is 2.57. The van der Waals surface area contributed by atoms with Crippen molar-refractivity contribution in [3.8, 4) is 0 Å². The van der Waals surface area contributed by atoms with Gasteiger partial charge >= 0.3 is 5.97 Å². The molecule has 1 saturated heterocycles. The summed E-state index contributed by atoms with van der Waals surface area (Å²) in [5.74, 6) is 1.40. The first kappa shape index (κ1) is 10.6. The molecule has 3 fully saturated rings. The molecule has 0 aromatic heterocycles. The van der Waals surface area contributed by atoms with E-state index >= 15 is 0 Å². The lowest BCUT2D eigenvalue weighted by molar-refractivity contribution is -0.162. The van der Waals surface area contributed by atoms with Crippen LogP contribution in [0.25, 0.3) is 0 Å². The number of fused-ring (bicyclic) bond motifs is 2. The Labute approximate surface area is 96.2 Å². The van der Waals surface area contributed by atoms with Gasteiger partial charge in [0.1, 0.15) is 0 Å². The average Bonchev–Trinajstić information content (AvgIpc) is 2.91. The molecule has 3 unspecified atom stereocenters. The molecule has 3 nitrogen and oxygen atoms in total. The molecule has 3 atom stereocenters. The van der Waals surface area contributed by atoms with Crippen LogP contribution in [-0.4, -0.2) is 24.3 Å². The van der Waals surface area contributed by atoms with Gasteiger partial charge in [-0.25, -0.2) is 0 Å². The van der Waals surface area contributed by atoms with Crippen molar-refractivity contribution in [3.63, 3.8) is 0 Å². The molecule has 2 bridgehead atoms. The second kappa shape index (κ2) is 3.73. The van der Waals surface area contributed by atoms with E-state index in [-0.39, 0.29) is 0 Å². The van der Waals surface area contributed by atoms with Crippen molar-refractivity contribution in [2.45, 2.75) is 38.5 Å².